The van der Waals surface area contributed by atoms with E-state index in [4.69, 9.17) is 16.7 Å². The molecule has 0 aliphatic heterocycles. The van der Waals surface area contributed by atoms with Crippen LogP contribution in [0.4, 0.5) is 0 Å². The maximum absolute atomic E-state index is 10.5. The van der Waals surface area contributed by atoms with Crippen molar-refractivity contribution < 1.29 is 9.90 Å². The van der Waals surface area contributed by atoms with Gasteiger partial charge in [0.05, 0.1) is 11.3 Å². The van der Waals surface area contributed by atoms with E-state index in [0.717, 1.165) is 38.2 Å². The second kappa shape index (κ2) is 4.31. The molecule has 0 amide bonds. The van der Waals surface area contributed by atoms with E-state index >= 15 is 0 Å². The summed E-state index contributed by atoms with van der Waals surface area (Å²) in [6, 6.07) is 0. The van der Waals surface area contributed by atoms with Gasteiger partial charge in [0.25, 0.3) is 0 Å². The molecular weight excluding hydrogens is 176 g/mol. The minimum absolute atomic E-state index is 0.435. The highest BCUT2D eigenvalue weighted by Crippen LogP contribution is 2.29. The second-order valence-corrected chi connectivity index (χ2v) is 3.20. The summed E-state index contributed by atoms with van der Waals surface area (Å²) in [4.78, 5) is 10.5. The Balaban J connectivity index is 2.97. The summed E-state index contributed by atoms with van der Waals surface area (Å²) in [6.45, 7) is 0. The lowest BCUT2D eigenvalue weighted by molar-refractivity contribution is -0.105. The molecule has 0 bridgehead atoms. The lowest BCUT2D eigenvalue weighted by Crippen LogP contribution is -1.88. The monoisotopic (exact) mass is 186 g/mol. The lowest BCUT2D eigenvalue weighted by Gasteiger charge is -2.00. The number of rotatable bonds is 1. The van der Waals surface area contributed by atoms with E-state index in [-0.39, 0.29) is 0 Å². The van der Waals surface area contributed by atoms with Gasteiger partial charge in [-0.15, -0.1) is 0 Å². The molecule has 0 unspecified atom stereocenters. The molecule has 0 aromatic rings. The summed E-state index contributed by atoms with van der Waals surface area (Å²) in [6.07, 6.45) is 5.18. The first-order valence-electron chi connectivity index (χ1n) is 3.97. The Morgan fingerprint density at radius 2 is 2.00 bits per heavy atom. The van der Waals surface area contributed by atoms with E-state index in [1.165, 1.54) is 0 Å². The van der Waals surface area contributed by atoms with Crippen molar-refractivity contribution in [3.63, 3.8) is 0 Å². The van der Waals surface area contributed by atoms with Crippen molar-refractivity contribution in [2.75, 3.05) is 0 Å². The molecule has 0 atom stereocenters. The summed E-state index contributed by atoms with van der Waals surface area (Å²) in [5.74, 6) is 0. The fourth-order valence-electron chi connectivity index (χ4n) is 1.29. The van der Waals surface area contributed by atoms with E-state index in [0.29, 0.717) is 16.2 Å². The third-order valence-corrected chi connectivity index (χ3v) is 2.49. The first-order valence-corrected chi connectivity index (χ1v) is 4.35. The topological polar surface area (TPSA) is 37.3 Å². The summed E-state index contributed by atoms with van der Waals surface area (Å²) < 4.78 is 0. The quantitative estimate of drug-likeness (QED) is 0.505. The standard InChI is InChI=1S/C9H11ClO2/c10-9-7(5-11)3-1-2-4-8(9)6-12/h5-6,11H,1-4H2/b7-5+. The van der Waals surface area contributed by atoms with Crippen molar-refractivity contribution >= 4 is 17.9 Å². The van der Waals surface area contributed by atoms with Crippen LogP contribution in [-0.2, 0) is 4.79 Å². The molecule has 0 heterocycles. The Bertz CT molecular complexity index is 241. The Morgan fingerprint density at radius 3 is 2.58 bits per heavy atom. The highest BCUT2D eigenvalue weighted by Gasteiger charge is 2.13. The second-order valence-electron chi connectivity index (χ2n) is 2.82. The van der Waals surface area contributed by atoms with Crippen LogP contribution < -0.4 is 0 Å². The van der Waals surface area contributed by atoms with Gasteiger partial charge in [0.1, 0.15) is 6.29 Å². The molecule has 12 heavy (non-hydrogen) atoms. The van der Waals surface area contributed by atoms with Gasteiger partial charge in [-0.3, -0.25) is 4.79 Å². The van der Waals surface area contributed by atoms with Gasteiger partial charge in [-0.2, -0.15) is 0 Å². The summed E-state index contributed by atoms with van der Waals surface area (Å²) >= 11 is 5.87. The van der Waals surface area contributed by atoms with Gasteiger partial charge in [-0.05, 0) is 25.7 Å². The summed E-state index contributed by atoms with van der Waals surface area (Å²) in [5, 5.41) is 9.24. The molecule has 0 saturated carbocycles. The van der Waals surface area contributed by atoms with E-state index in [9.17, 15) is 4.79 Å². The Morgan fingerprint density at radius 1 is 1.33 bits per heavy atom. The maximum atomic E-state index is 10.5. The molecule has 1 aliphatic carbocycles. The molecule has 66 valence electrons. The number of halogens is 1. The molecule has 0 radical (unpaired) electrons. The number of aliphatic hydroxyl groups excluding tert-OH is 1. The number of carbonyl (C=O) groups excluding carboxylic acids is 1. The third-order valence-electron chi connectivity index (χ3n) is 2.00. The first kappa shape index (κ1) is 9.33. The first-order chi connectivity index (χ1) is 5.79. The highest BCUT2D eigenvalue weighted by molar-refractivity contribution is 6.33. The van der Waals surface area contributed by atoms with Crippen LogP contribution >= 0.6 is 11.6 Å². The van der Waals surface area contributed by atoms with Crippen molar-refractivity contribution in [1.29, 1.82) is 0 Å². The van der Waals surface area contributed by atoms with Crippen molar-refractivity contribution in [2.24, 2.45) is 0 Å². The minimum Gasteiger partial charge on any atom is -0.515 e. The maximum Gasteiger partial charge on any atom is 0.147 e. The molecule has 0 spiro atoms. The van der Waals surface area contributed by atoms with Gasteiger partial charge in [0.2, 0.25) is 0 Å². The summed E-state index contributed by atoms with van der Waals surface area (Å²) in [7, 11) is 0. The number of aldehydes is 1. The van der Waals surface area contributed by atoms with Crippen molar-refractivity contribution in [3.05, 3.63) is 22.4 Å². The van der Waals surface area contributed by atoms with Crippen LogP contribution in [0.5, 0.6) is 0 Å². The number of hydrogen-bond acceptors (Lipinski definition) is 2. The fourth-order valence-corrected chi connectivity index (χ4v) is 1.57. The SMILES string of the molecule is O=CC1=C(Cl)/C(=C/O)CCCC1. The molecule has 0 saturated heterocycles. The molecule has 0 fully saturated rings. The third kappa shape index (κ3) is 1.89. The van der Waals surface area contributed by atoms with Crippen LogP contribution in [0, 0.1) is 0 Å². The average molecular weight is 187 g/mol. The number of carbonyl (C=O) groups is 1. The lowest BCUT2D eigenvalue weighted by atomic mass is 10.1. The van der Waals surface area contributed by atoms with Crippen LogP contribution in [0.25, 0.3) is 0 Å². The zero-order valence-corrected chi connectivity index (χ0v) is 7.47. The molecule has 2 nitrogen and oxygen atoms in total. The van der Waals surface area contributed by atoms with Crippen LogP contribution in [0.1, 0.15) is 25.7 Å². The van der Waals surface area contributed by atoms with Gasteiger partial charge in [0, 0.05) is 11.1 Å². The molecule has 1 N–H and O–H groups in total. The van der Waals surface area contributed by atoms with Gasteiger partial charge >= 0.3 is 0 Å². The van der Waals surface area contributed by atoms with Gasteiger partial charge in [-0.25, -0.2) is 0 Å². The van der Waals surface area contributed by atoms with E-state index < -0.39 is 0 Å². The normalized spacial score (nSPS) is 22.6. The highest BCUT2D eigenvalue weighted by atomic mass is 35.5. The Kier molecular flexibility index (Phi) is 3.35. The van der Waals surface area contributed by atoms with Crippen molar-refractivity contribution in [3.8, 4) is 0 Å². The Labute approximate surface area is 76.5 Å². The van der Waals surface area contributed by atoms with Crippen molar-refractivity contribution in [1.82, 2.24) is 0 Å². The average Bonchev–Trinajstić information content (AvgIpc) is 2.27. The van der Waals surface area contributed by atoms with Gasteiger partial charge in [-0.1, -0.05) is 11.6 Å². The number of aliphatic hydroxyl groups is 1. The molecule has 0 aromatic carbocycles. The molecular formula is C9H11ClO2. The van der Waals surface area contributed by atoms with Crippen molar-refractivity contribution in [2.45, 2.75) is 25.7 Å². The number of allylic oxidation sites excluding steroid dienone is 3. The molecule has 1 aliphatic rings. The zero-order chi connectivity index (χ0) is 8.97. The zero-order valence-electron chi connectivity index (χ0n) is 6.72. The molecule has 3 heteroatoms. The van der Waals surface area contributed by atoms with Crippen LogP contribution in [-0.4, -0.2) is 11.4 Å². The smallest absolute Gasteiger partial charge is 0.147 e. The fraction of sp³-hybridized carbons (Fsp3) is 0.444. The van der Waals surface area contributed by atoms with E-state index in [2.05, 4.69) is 0 Å². The van der Waals surface area contributed by atoms with Crippen LogP contribution in [0.2, 0.25) is 0 Å². The minimum atomic E-state index is 0.435. The Hall–Kier alpha value is -0.760. The van der Waals surface area contributed by atoms with Gasteiger partial charge < -0.3 is 5.11 Å². The van der Waals surface area contributed by atoms with E-state index in [1.54, 1.807) is 0 Å². The largest absolute Gasteiger partial charge is 0.515 e. The van der Waals surface area contributed by atoms with E-state index in [1.807, 2.05) is 0 Å². The summed E-state index contributed by atoms with van der Waals surface area (Å²) in [5.41, 5.74) is 1.28. The number of hydrogen-bond donors (Lipinski definition) is 1. The molecule has 0 aromatic heterocycles. The van der Waals surface area contributed by atoms with Crippen LogP contribution in [0.3, 0.4) is 0 Å². The predicted octanol–water partition coefficient (Wildman–Crippen LogP) is 2.69. The van der Waals surface area contributed by atoms with Crippen LogP contribution in [0.15, 0.2) is 22.4 Å². The van der Waals surface area contributed by atoms with Gasteiger partial charge in [0.15, 0.2) is 0 Å². The predicted molar refractivity (Wildman–Crippen MR) is 48.1 cm³/mol. The molecule has 1 rings (SSSR count).